The quantitative estimate of drug-likeness (QED) is 0.595. The number of hydrogen-bond acceptors (Lipinski definition) is 7. The van der Waals surface area contributed by atoms with E-state index in [1.807, 2.05) is 50.5 Å². The SMILES string of the molecule is COc1cccc(C(CNC(=O)CCc2nc(-c3cccnc3)no2)N(C)C)c1. The number of nitrogens with zero attached hydrogens (tertiary/aromatic N) is 4. The Morgan fingerprint density at radius 3 is 2.86 bits per heavy atom. The van der Waals surface area contributed by atoms with Gasteiger partial charge in [-0.1, -0.05) is 17.3 Å². The molecule has 8 nitrogen and oxygen atoms in total. The van der Waals surface area contributed by atoms with Gasteiger partial charge in [-0.15, -0.1) is 0 Å². The van der Waals surface area contributed by atoms with Crippen LogP contribution in [0.25, 0.3) is 11.4 Å². The van der Waals surface area contributed by atoms with Gasteiger partial charge in [0.15, 0.2) is 0 Å². The molecule has 3 aromatic rings. The number of ether oxygens (including phenoxy) is 1. The van der Waals surface area contributed by atoms with Crippen LogP contribution < -0.4 is 10.1 Å². The van der Waals surface area contributed by atoms with Gasteiger partial charge in [0.25, 0.3) is 0 Å². The van der Waals surface area contributed by atoms with Gasteiger partial charge in [-0.05, 0) is 43.9 Å². The summed E-state index contributed by atoms with van der Waals surface area (Å²) in [5, 5.41) is 6.93. The molecule has 0 saturated heterocycles. The number of aryl methyl sites for hydroxylation is 1. The lowest BCUT2D eigenvalue weighted by Crippen LogP contribution is -2.34. The smallest absolute Gasteiger partial charge is 0.227 e. The van der Waals surface area contributed by atoms with Crippen molar-refractivity contribution in [1.82, 2.24) is 25.3 Å². The fourth-order valence-electron chi connectivity index (χ4n) is 2.94. The molecule has 152 valence electrons. The maximum absolute atomic E-state index is 12.3. The van der Waals surface area contributed by atoms with Gasteiger partial charge in [0, 0.05) is 37.3 Å². The monoisotopic (exact) mass is 395 g/mol. The number of carbonyl (C=O) groups is 1. The van der Waals surface area contributed by atoms with E-state index in [4.69, 9.17) is 9.26 Å². The lowest BCUT2D eigenvalue weighted by Gasteiger charge is -2.25. The number of rotatable bonds is 9. The summed E-state index contributed by atoms with van der Waals surface area (Å²) >= 11 is 0. The lowest BCUT2D eigenvalue weighted by molar-refractivity contribution is -0.121. The standard InChI is InChI=1S/C21H25N5O3/c1-26(2)18(15-6-4-8-17(12-15)28-3)14-23-19(27)9-10-20-24-21(25-29-20)16-7-5-11-22-13-16/h4-8,11-13,18H,9-10,14H2,1-3H3,(H,23,27). The molecule has 0 radical (unpaired) electrons. The van der Waals surface area contributed by atoms with Crippen molar-refractivity contribution in [2.45, 2.75) is 18.9 Å². The fourth-order valence-corrected chi connectivity index (χ4v) is 2.94. The molecule has 29 heavy (non-hydrogen) atoms. The Kier molecular flexibility index (Phi) is 6.91. The maximum Gasteiger partial charge on any atom is 0.227 e. The van der Waals surface area contributed by atoms with Crippen LogP contribution in [0.15, 0.2) is 53.3 Å². The summed E-state index contributed by atoms with van der Waals surface area (Å²) in [4.78, 5) is 22.7. The van der Waals surface area contributed by atoms with Crippen molar-refractivity contribution < 1.29 is 14.1 Å². The largest absolute Gasteiger partial charge is 0.497 e. The zero-order chi connectivity index (χ0) is 20.6. The second-order valence-electron chi connectivity index (χ2n) is 6.81. The van der Waals surface area contributed by atoms with Gasteiger partial charge >= 0.3 is 0 Å². The number of aromatic nitrogens is 3. The molecule has 1 amide bonds. The van der Waals surface area contributed by atoms with Crippen molar-refractivity contribution in [3.05, 3.63) is 60.2 Å². The molecule has 0 fully saturated rings. The number of nitrogens with one attached hydrogen (secondary N) is 1. The van der Waals surface area contributed by atoms with E-state index >= 15 is 0 Å². The third-order valence-electron chi connectivity index (χ3n) is 4.55. The lowest BCUT2D eigenvalue weighted by atomic mass is 10.1. The summed E-state index contributed by atoms with van der Waals surface area (Å²) in [5.74, 6) is 1.62. The van der Waals surface area contributed by atoms with Crippen molar-refractivity contribution in [2.24, 2.45) is 0 Å². The third-order valence-corrected chi connectivity index (χ3v) is 4.55. The summed E-state index contributed by atoms with van der Waals surface area (Å²) in [6.07, 6.45) is 4.00. The van der Waals surface area contributed by atoms with E-state index in [1.54, 1.807) is 19.5 Å². The number of carbonyl (C=O) groups excluding carboxylic acids is 1. The zero-order valence-corrected chi connectivity index (χ0v) is 16.8. The first-order chi connectivity index (χ1) is 14.1. The molecule has 1 atom stereocenters. The van der Waals surface area contributed by atoms with Crippen LogP contribution in [0.1, 0.15) is 23.9 Å². The van der Waals surface area contributed by atoms with E-state index in [1.165, 1.54) is 0 Å². The van der Waals surface area contributed by atoms with Gasteiger partial charge < -0.3 is 19.5 Å². The van der Waals surface area contributed by atoms with E-state index in [0.717, 1.165) is 16.9 Å². The minimum atomic E-state index is -0.0686. The van der Waals surface area contributed by atoms with Gasteiger partial charge in [0.1, 0.15) is 5.75 Å². The van der Waals surface area contributed by atoms with Crippen LogP contribution >= 0.6 is 0 Å². The molecule has 0 aliphatic carbocycles. The van der Waals surface area contributed by atoms with Crippen LogP contribution in [-0.2, 0) is 11.2 Å². The van der Waals surface area contributed by atoms with Gasteiger partial charge in [-0.25, -0.2) is 0 Å². The van der Waals surface area contributed by atoms with Crippen LogP contribution in [0, 0.1) is 0 Å². The summed E-state index contributed by atoms with van der Waals surface area (Å²) in [7, 11) is 5.60. The Morgan fingerprint density at radius 1 is 1.28 bits per heavy atom. The average molecular weight is 395 g/mol. The second-order valence-corrected chi connectivity index (χ2v) is 6.81. The number of amides is 1. The molecule has 1 aromatic carbocycles. The Balaban J connectivity index is 1.53. The molecule has 0 bridgehead atoms. The molecule has 3 rings (SSSR count). The van der Waals surface area contributed by atoms with Crippen molar-refractivity contribution in [2.75, 3.05) is 27.7 Å². The van der Waals surface area contributed by atoms with E-state index in [2.05, 4.69) is 25.3 Å². The minimum Gasteiger partial charge on any atom is -0.497 e. The van der Waals surface area contributed by atoms with Crippen molar-refractivity contribution >= 4 is 5.91 Å². The highest BCUT2D eigenvalue weighted by molar-refractivity contribution is 5.76. The van der Waals surface area contributed by atoms with Crippen LogP contribution in [0.4, 0.5) is 0 Å². The van der Waals surface area contributed by atoms with Gasteiger partial charge in [-0.3, -0.25) is 9.78 Å². The summed E-state index contributed by atoms with van der Waals surface area (Å²) < 4.78 is 10.5. The number of benzene rings is 1. The topological polar surface area (TPSA) is 93.4 Å². The molecule has 0 saturated carbocycles. The maximum atomic E-state index is 12.3. The van der Waals surface area contributed by atoms with Crippen molar-refractivity contribution in [3.8, 4) is 17.1 Å². The molecule has 0 aliphatic heterocycles. The first kappa shape index (κ1) is 20.5. The number of hydrogen-bond donors (Lipinski definition) is 1. The van der Waals surface area contributed by atoms with Crippen LogP contribution in [-0.4, -0.2) is 53.7 Å². The Labute approximate surface area is 169 Å². The van der Waals surface area contributed by atoms with E-state index in [-0.39, 0.29) is 18.4 Å². The number of pyridine rings is 1. The normalized spacial score (nSPS) is 12.0. The first-order valence-corrected chi connectivity index (χ1v) is 9.37. The Hall–Kier alpha value is -3.26. The Morgan fingerprint density at radius 2 is 2.14 bits per heavy atom. The third kappa shape index (κ3) is 5.61. The molecule has 8 heteroatoms. The molecule has 1 unspecified atom stereocenters. The highest BCUT2D eigenvalue weighted by atomic mass is 16.5. The molecule has 0 spiro atoms. The molecule has 2 aromatic heterocycles. The molecule has 2 heterocycles. The fraction of sp³-hybridized carbons (Fsp3) is 0.333. The van der Waals surface area contributed by atoms with Gasteiger partial charge in [-0.2, -0.15) is 4.98 Å². The van der Waals surface area contributed by atoms with E-state index in [0.29, 0.717) is 24.7 Å². The van der Waals surface area contributed by atoms with Gasteiger partial charge in [0.2, 0.25) is 17.6 Å². The predicted molar refractivity (Wildman–Crippen MR) is 108 cm³/mol. The predicted octanol–water partition coefficient (Wildman–Crippen LogP) is 2.49. The van der Waals surface area contributed by atoms with Gasteiger partial charge in [0.05, 0.1) is 13.2 Å². The highest BCUT2D eigenvalue weighted by Gasteiger charge is 2.17. The average Bonchev–Trinajstić information content (AvgIpc) is 3.22. The van der Waals surface area contributed by atoms with Crippen LogP contribution in [0.2, 0.25) is 0 Å². The first-order valence-electron chi connectivity index (χ1n) is 9.37. The molecule has 1 N–H and O–H groups in total. The molecular weight excluding hydrogens is 370 g/mol. The van der Waals surface area contributed by atoms with Crippen LogP contribution in [0.5, 0.6) is 5.75 Å². The van der Waals surface area contributed by atoms with Crippen molar-refractivity contribution in [1.29, 1.82) is 0 Å². The highest BCUT2D eigenvalue weighted by Crippen LogP contribution is 2.22. The minimum absolute atomic E-state index is 0.0367. The zero-order valence-electron chi connectivity index (χ0n) is 16.8. The Bertz CT molecular complexity index is 927. The van der Waals surface area contributed by atoms with Crippen molar-refractivity contribution in [3.63, 3.8) is 0 Å². The van der Waals surface area contributed by atoms with Crippen LogP contribution in [0.3, 0.4) is 0 Å². The number of likely N-dealkylation sites (N-methyl/N-ethyl adjacent to an activating group) is 1. The molecular formula is C21H25N5O3. The molecule has 0 aliphatic rings. The van der Waals surface area contributed by atoms with E-state index in [9.17, 15) is 4.79 Å². The van der Waals surface area contributed by atoms with E-state index < -0.39 is 0 Å². The summed E-state index contributed by atoms with van der Waals surface area (Å²) in [5.41, 5.74) is 1.85. The second kappa shape index (κ2) is 9.79. The summed E-state index contributed by atoms with van der Waals surface area (Å²) in [6.45, 7) is 0.490. The number of methoxy groups -OCH3 is 1. The summed E-state index contributed by atoms with van der Waals surface area (Å²) in [6, 6.07) is 11.6.